The van der Waals surface area contributed by atoms with E-state index in [-0.39, 0.29) is 23.8 Å². The first kappa shape index (κ1) is 17.5. The van der Waals surface area contributed by atoms with Gasteiger partial charge in [0, 0.05) is 30.4 Å². The number of piperidine rings is 1. The number of hydrogen-bond acceptors (Lipinski definition) is 5. The summed E-state index contributed by atoms with van der Waals surface area (Å²) in [7, 11) is 0. The minimum atomic E-state index is -0.152. The lowest BCUT2D eigenvalue weighted by atomic mass is 9.98. The number of carbonyl (C=O) groups excluding carboxylic acids is 2. The van der Waals surface area contributed by atoms with E-state index in [2.05, 4.69) is 20.8 Å². The van der Waals surface area contributed by atoms with Crippen molar-refractivity contribution in [3.8, 4) is 0 Å². The van der Waals surface area contributed by atoms with Crippen LogP contribution in [-0.4, -0.2) is 40.1 Å². The Bertz CT molecular complexity index is 876. The molecular weight excluding hydrogens is 346 g/mol. The Labute approximate surface area is 157 Å². The molecule has 2 aliphatic rings. The third-order valence-electron chi connectivity index (χ3n) is 5.01. The molecule has 1 aromatic heterocycles. The van der Waals surface area contributed by atoms with E-state index in [0.29, 0.717) is 36.9 Å². The van der Waals surface area contributed by atoms with Gasteiger partial charge in [-0.05, 0) is 36.6 Å². The molecule has 8 heteroatoms. The van der Waals surface area contributed by atoms with E-state index in [4.69, 9.17) is 4.52 Å². The second-order valence-electron chi connectivity index (χ2n) is 7.46. The normalized spacial score (nSPS) is 19.1. The van der Waals surface area contributed by atoms with Crippen molar-refractivity contribution < 1.29 is 14.1 Å². The first-order chi connectivity index (χ1) is 13.0. The van der Waals surface area contributed by atoms with Crippen molar-refractivity contribution in [2.45, 2.75) is 44.9 Å². The maximum Gasteiger partial charge on any atom is 0.321 e. The van der Waals surface area contributed by atoms with Gasteiger partial charge >= 0.3 is 6.03 Å². The predicted octanol–water partition coefficient (Wildman–Crippen LogP) is 3.10. The average Bonchev–Trinajstić information content (AvgIpc) is 3.27. The van der Waals surface area contributed by atoms with Crippen LogP contribution in [0.3, 0.4) is 0 Å². The number of urea groups is 1. The minimum absolute atomic E-state index is 0.0207. The summed E-state index contributed by atoms with van der Waals surface area (Å²) in [6.45, 7) is 5.29. The second kappa shape index (κ2) is 7.02. The quantitative estimate of drug-likeness (QED) is 0.866. The van der Waals surface area contributed by atoms with Gasteiger partial charge in [-0.1, -0.05) is 19.0 Å². The Morgan fingerprint density at radius 3 is 3.04 bits per heavy atom. The number of carbonyl (C=O) groups is 2. The van der Waals surface area contributed by atoms with Crippen LogP contribution in [0.4, 0.5) is 16.2 Å². The van der Waals surface area contributed by atoms with Crippen LogP contribution in [0, 0.1) is 0 Å². The molecule has 0 bridgehead atoms. The second-order valence-corrected chi connectivity index (χ2v) is 7.46. The van der Waals surface area contributed by atoms with Crippen LogP contribution in [0.15, 0.2) is 22.7 Å². The molecule has 0 spiro atoms. The molecule has 0 saturated carbocycles. The maximum atomic E-state index is 12.7. The number of fused-ring (bicyclic) bond motifs is 1. The number of hydrogen-bond donors (Lipinski definition) is 2. The molecule has 2 aromatic rings. The van der Waals surface area contributed by atoms with Gasteiger partial charge in [-0.25, -0.2) is 4.79 Å². The van der Waals surface area contributed by atoms with Crippen molar-refractivity contribution in [2.24, 2.45) is 0 Å². The highest BCUT2D eigenvalue weighted by Crippen LogP contribution is 2.29. The summed E-state index contributed by atoms with van der Waals surface area (Å²) in [5, 5.41) is 9.75. The number of amides is 3. The summed E-state index contributed by atoms with van der Waals surface area (Å²) in [5.74, 6) is 1.57. The smallest absolute Gasteiger partial charge is 0.321 e. The largest absolute Gasteiger partial charge is 0.339 e. The van der Waals surface area contributed by atoms with Crippen molar-refractivity contribution in [1.29, 1.82) is 0 Å². The molecule has 2 N–H and O–H groups in total. The van der Waals surface area contributed by atoms with E-state index in [9.17, 15) is 9.59 Å². The fourth-order valence-electron chi connectivity index (χ4n) is 3.52. The number of rotatable bonds is 3. The lowest BCUT2D eigenvalue weighted by Crippen LogP contribution is -2.41. The van der Waals surface area contributed by atoms with Gasteiger partial charge in [0.05, 0.1) is 12.3 Å². The van der Waals surface area contributed by atoms with Gasteiger partial charge in [0.15, 0.2) is 5.82 Å². The van der Waals surface area contributed by atoms with Crippen molar-refractivity contribution in [3.63, 3.8) is 0 Å². The molecule has 3 heterocycles. The highest BCUT2D eigenvalue weighted by molar-refractivity contribution is 6.00. The van der Waals surface area contributed by atoms with Gasteiger partial charge in [0.2, 0.25) is 11.8 Å². The SMILES string of the molecule is CC(C)c1noc([C@H]2CCCN(C(=O)Nc3ccc4c(c3)CC(=O)N4)C2)n1. The number of aromatic nitrogens is 2. The van der Waals surface area contributed by atoms with Crippen LogP contribution < -0.4 is 10.6 Å². The lowest BCUT2D eigenvalue weighted by molar-refractivity contribution is -0.115. The van der Waals surface area contributed by atoms with E-state index in [1.54, 1.807) is 11.0 Å². The zero-order chi connectivity index (χ0) is 19.0. The average molecular weight is 369 g/mol. The topological polar surface area (TPSA) is 100 Å². The maximum absolute atomic E-state index is 12.7. The first-order valence-electron chi connectivity index (χ1n) is 9.32. The summed E-state index contributed by atoms with van der Waals surface area (Å²) < 4.78 is 5.41. The van der Waals surface area contributed by atoms with Gasteiger partial charge in [0.25, 0.3) is 0 Å². The molecule has 1 saturated heterocycles. The minimum Gasteiger partial charge on any atom is -0.339 e. The summed E-state index contributed by atoms with van der Waals surface area (Å²) in [5.41, 5.74) is 2.41. The number of likely N-dealkylation sites (tertiary alicyclic amines) is 1. The molecule has 4 rings (SSSR count). The number of anilines is 2. The van der Waals surface area contributed by atoms with E-state index in [1.165, 1.54) is 0 Å². The van der Waals surface area contributed by atoms with Gasteiger partial charge in [-0.2, -0.15) is 4.98 Å². The highest BCUT2D eigenvalue weighted by atomic mass is 16.5. The Morgan fingerprint density at radius 1 is 1.41 bits per heavy atom. The third-order valence-corrected chi connectivity index (χ3v) is 5.01. The Hall–Kier alpha value is -2.90. The first-order valence-corrected chi connectivity index (χ1v) is 9.32. The van der Waals surface area contributed by atoms with E-state index >= 15 is 0 Å². The molecule has 27 heavy (non-hydrogen) atoms. The van der Waals surface area contributed by atoms with Crippen molar-refractivity contribution in [1.82, 2.24) is 15.0 Å². The number of nitrogens with one attached hydrogen (secondary N) is 2. The molecule has 3 amide bonds. The zero-order valence-corrected chi connectivity index (χ0v) is 15.5. The predicted molar refractivity (Wildman–Crippen MR) is 99.7 cm³/mol. The molecule has 1 fully saturated rings. The number of benzene rings is 1. The summed E-state index contributed by atoms with van der Waals surface area (Å²) in [6, 6.07) is 5.32. The van der Waals surface area contributed by atoms with Crippen molar-refractivity contribution >= 4 is 23.3 Å². The summed E-state index contributed by atoms with van der Waals surface area (Å²) >= 11 is 0. The van der Waals surface area contributed by atoms with E-state index in [0.717, 1.165) is 24.1 Å². The molecule has 2 aliphatic heterocycles. The van der Waals surface area contributed by atoms with Crippen LogP contribution in [0.2, 0.25) is 0 Å². The number of nitrogens with zero attached hydrogens (tertiary/aromatic N) is 3. The van der Waals surface area contributed by atoms with Crippen molar-refractivity contribution in [3.05, 3.63) is 35.5 Å². The summed E-state index contributed by atoms with van der Waals surface area (Å²) in [4.78, 5) is 30.4. The Morgan fingerprint density at radius 2 is 2.26 bits per heavy atom. The molecule has 8 nitrogen and oxygen atoms in total. The Balaban J connectivity index is 1.41. The van der Waals surface area contributed by atoms with Crippen LogP contribution >= 0.6 is 0 Å². The standard InChI is InChI=1S/C19H23N5O3/c1-11(2)17-22-18(27-23-17)12-4-3-7-24(10-12)19(26)20-14-5-6-15-13(8-14)9-16(25)21-15/h5-6,8,11-12H,3-4,7,9-10H2,1-2H3,(H,20,26)(H,21,25)/t12-/m0/s1. The fourth-order valence-corrected chi connectivity index (χ4v) is 3.52. The van der Waals surface area contributed by atoms with Crippen LogP contribution in [0.1, 0.15) is 55.8 Å². The van der Waals surface area contributed by atoms with Crippen LogP contribution in [0.25, 0.3) is 0 Å². The van der Waals surface area contributed by atoms with Gasteiger partial charge in [-0.3, -0.25) is 4.79 Å². The summed E-state index contributed by atoms with van der Waals surface area (Å²) in [6.07, 6.45) is 2.16. The molecular formula is C19H23N5O3. The Kier molecular flexibility index (Phi) is 4.55. The molecule has 0 unspecified atom stereocenters. The molecule has 0 aliphatic carbocycles. The highest BCUT2D eigenvalue weighted by Gasteiger charge is 2.29. The molecule has 142 valence electrons. The van der Waals surface area contributed by atoms with Gasteiger partial charge < -0.3 is 20.1 Å². The monoisotopic (exact) mass is 369 g/mol. The zero-order valence-electron chi connectivity index (χ0n) is 15.5. The molecule has 1 aromatic carbocycles. The van der Waals surface area contributed by atoms with Crippen LogP contribution in [0.5, 0.6) is 0 Å². The third kappa shape index (κ3) is 3.65. The fraction of sp³-hybridized carbons (Fsp3) is 0.474. The van der Waals surface area contributed by atoms with Gasteiger partial charge in [0.1, 0.15) is 0 Å². The van der Waals surface area contributed by atoms with Gasteiger partial charge in [-0.15, -0.1) is 0 Å². The molecule has 0 radical (unpaired) electrons. The van der Waals surface area contributed by atoms with E-state index < -0.39 is 0 Å². The van der Waals surface area contributed by atoms with Crippen LogP contribution in [-0.2, 0) is 11.2 Å². The molecule has 1 atom stereocenters. The van der Waals surface area contributed by atoms with E-state index in [1.807, 2.05) is 26.0 Å². The lowest BCUT2D eigenvalue weighted by Gasteiger charge is -2.31. The van der Waals surface area contributed by atoms with Crippen molar-refractivity contribution in [2.75, 3.05) is 23.7 Å².